The molecular formula is C15H14ClN3S. The van der Waals surface area contributed by atoms with E-state index in [4.69, 9.17) is 23.8 Å². The largest absolute Gasteiger partial charge is 0.376 e. The van der Waals surface area contributed by atoms with Gasteiger partial charge in [-0.15, -0.1) is 0 Å². The molecule has 0 fully saturated rings. The summed E-state index contributed by atoms with van der Waals surface area (Å²) in [5.74, 6) is 0. The van der Waals surface area contributed by atoms with Gasteiger partial charge < -0.3 is 9.88 Å². The number of para-hydroxylation sites is 2. The average molecular weight is 304 g/mol. The average Bonchev–Trinajstić information content (AvgIpc) is 2.74. The lowest BCUT2D eigenvalue weighted by molar-refractivity contribution is 1.03. The zero-order valence-electron chi connectivity index (χ0n) is 11.2. The van der Waals surface area contributed by atoms with Crippen LogP contribution in [0.3, 0.4) is 0 Å². The smallest absolute Gasteiger partial charge is 0.182 e. The van der Waals surface area contributed by atoms with E-state index in [2.05, 4.69) is 22.0 Å². The Morgan fingerprint density at radius 3 is 2.65 bits per heavy atom. The number of nitrogens with zero attached hydrogens (tertiary/aromatic N) is 2. The first-order valence-corrected chi connectivity index (χ1v) is 7.03. The summed E-state index contributed by atoms with van der Waals surface area (Å²) in [6.45, 7) is 0. The lowest BCUT2D eigenvalue weighted by atomic mass is 10.2. The lowest BCUT2D eigenvalue weighted by Gasteiger charge is -2.18. The maximum atomic E-state index is 6.12. The number of fused-ring (bicyclic) bond motifs is 1. The number of aromatic nitrogens is 2. The van der Waals surface area contributed by atoms with Crippen molar-refractivity contribution in [3.63, 3.8) is 0 Å². The second-order valence-electron chi connectivity index (χ2n) is 4.81. The number of anilines is 1. The molecule has 0 amide bonds. The van der Waals surface area contributed by atoms with Gasteiger partial charge in [-0.3, -0.25) is 4.57 Å². The summed E-state index contributed by atoms with van der Waals surface area (Å²) in [7, 11) is 4.04. The van der Waals surface area contributed by atoms with E-state index in [9.17, 15) is 0 Å². The van der Waals surface area contributed by atoms with Gasteiger partial charge in [0.1, 0.15) is 0 Å². The van der Waals surface area contributed by atoms with E-state index in [1.165, 1.54) is 0 Å². The van der Waals surface area contributed by atoms with E-state index in [1.54, 1.807) is 0 Å². The molecule has 20 heavy (non-hydrogen) atoms. The highest BCUT2D eigenvalue weighted by atomic mass is 35.5. The summed E-state index contributed by atoms with van der Waals surface area (Å²) in [5, 5.41) is 0.697. The number of nitrogens with one attached hydrogen (secondary N) is 1. The van der Waals surface area contributed by atoms with Crippen LogP contribution in [0.4, 0.5) is 5.69 Å². The van der Waals surface area contributed by atoms with Gasteiger partial charge in [0.25, 0.3) is 0 Å². The SMILES string of the molecule is CN(C)c1ccccc1-n1c(=S)[nH]c2ccc(Cl)cc21. The number of imidazole rings is 1. The van der Waals surface area contributed by atoms with Crippen LogP contribution >= 0.6 is 23.8 Å². The molecule has 0 saturated heterocycles. The van der Waals surface area contributed by atoms with Crippen LogP contribution < -0.4 is 4.90 Å². The van der Waals surface area contributed by atoms with Gasteiger partial charge in [0.2, 0.25) is 0 Å². The van der Waals surface area contributed by atoms with Crippen molar-refractivity contribution in [3.05, 3.63) is 52.3 Å². The second kappa shape index (κ2) is 4.96. The number of aromatic amines is 1. The molecule has 1 heterocycles. The molecule has 0 aliphatic heterocycles. The summed E-state index contributed by atoms with van der Waals surface area (Å²) in [5.41, 5.74) is 4.10. The molecule has 0 spiro atoms. The van der Waals surface area contributed by atoms with Crippen LogP contribution in [0, 0.1) is 4.77 Å². The van der Waals surface area contributed by atoms with Crippen molar-refractivity contribution in [2.24, 2.45) is 0 Å². The van der Waals surface area contributed by atoms with Crippen molar-refractivity contribution in [3.8, 4) is 5.69 Å². The van der Waals surface area contributed by atoms with Crippen LogP contribution in [-0.2, 0) is 0 Å². The van der Waals surface area contributed by atoms with Crippen LogP contribution in [0.2, 0.25) is 5.02 Å². The Balaban J connectivity index is 2.38. The molecule has 5 heteroatoms. The Morgan fingerprint density at radius 1 is 1.15 bits per heavy atom. The van der Waals surface area contributed by atoms with Crippen molar-refractivity contribution in [1.82, 2.24) is 9.55 Å². The molecule has 0 radical (unpaired) electrons. The quantitative estimate of drug-likeness (QED) is 0.709. The first-order valence-electron chi connectivity index (χ1n) is 6.25. The number of H-pyrrole nitrogens is 1. The Hall–Kier alpha value is -1.78. The predicted molar refractivity (Wildman–Crippen MR) is 87.8 cm³/mol. The fraction of sp³-hybridized carbons (Fsp3) is 0.133. The van der Waals surface area contributed by atoms with Crippen molar-refractivity contribution in [2.45, 2.75) is 0 Å². The lowest BCUT2D eigenvalue weighted by Crippen LogP contribution is -2.12. The predicted octanol–water partition coefficient (Wildman–Crippen LogP) is 4.41. The van der Waals surface area contributed by atoms with Crippen LogP contribution in [-0.4, -0.2) is 23.6 Å². The monoisotopic (exact) mass is 303 g/mol. The Bertz CT molecular complexity index is 832. The van der Waals surface area contributed by atoms with Crippen molar-refractivity contribution in [2.75, 3.05) is 19.0 Å². The summed E-state index contributed by atoms with van der Waals surface area (Å²) in [6.07, 6.45) is 0. The van der Waals surface area contributed by atoms with E-state index in [0.29, 0.717) is 9.79 Å². The molecular weight excluding hydrogens is 290 g/mol. The highest BCUT2D eigenvalue weighted by Crippen LogP contribution is 2.28. The first-order chi connectivity index (χ1) is 9.58. The summed E-state index contributed by atoms with van der Waals surface area (Å²) in [6, 6.07) is 13.9. The van der Waals surface area contributed by atoms with Gasteiger partial charge in [-0.2, -0.15) is 0 Å². The molecule has 3 aromatic rings. The molecule has 0 unspecified atom stereocenters. The normalized spacial score (nSPS) is 10.9. The van der Waals surface area contributed by atoms with E-state index in [1.807, 2.05) is 49.0 Å². The molecule has 0 aliphatic rings. The number of benzene rings is 2. The minimum absolute atomic E-state index is 0.663. The van der Waals surface area contributed by atoms with Gasteiger partial charge in [-0.1, -0.05) is 23.7 Å². The molecule has 1 N–H and O–H groups in total. The highest BCUT2D eigenvalue weighted by molar-refractivity contribution is 7.71. The fourth-order valence-corrected chi connectivity index (χ4v) is 2.82. The van der Waals surface area contributed by atoms with Crippen LogP contribution in [0.15, 0.2) is 42.5 Å². The molecule has 3 rings (SSSR count). The maximum Gasteiger partial charge on any atom is 0.182 e. The number of halogens is 1. The summed E-state index contributed by atoms with van der Waals surface area (Å²) < 4.78 is 2.68. The standard InChI is InChI=1S/C15H14ClN3S/c1-18(2)12-5-3-4-6-13(12)19-14-9-10(16)7-8-11(14)17-15(19)20/h3-9H,1-2H3,(H,17,20). The highest BCUT2D eigenvalue weighted by Gasteiger charge is 2.11. The Kier molecular flexibility index (Phi) is 3.28. The zero-order chi connectivity index (χ0) is 14.3. The van der Waals surface area contributed by atoms with Crippen molar-refractivity contribution < 1.29 is 0 Å². The third-order valence-corrected chi connectivity index (χ3v) is 3.77. The summed E-state index contributed by atoms with van der Waals surface area (Å²) >= 11 is 11.6. The Morgan fingerprint density at radius 2 is 1.90 bits per heavy atom. The van der Waals surface area contributed by atoms with Crippen molar-refractivity contribution >= 4 is 40.5 Å². The Labute approximate surface area is 127 Å². The summed E-state index contributed by atoms with van der Waals surface area (Å²) in [4.78, 5) is 5.29. The molecule has 0 atom stereocenters. The third-order valence-electron chi connectivity index (χ3n) is 3.25. The third kappa shape index (κ3) is 2.11. The fourth-order valence-electron chi connectivity index (χ4n) is 2.35. The molecule has 3 nitrogen and oxygen atoms in total. The van der Waals surface area contributed by atoms with Crippen LogP contribution in [0.5, 0.6) is 0 Å². The van der Waals surface area contributed by atoms with E-state index < -0.39 is 0 Å². The van der Waals surface area contributed by atoms with E-state index in [-0.39, 0.29) is 0 Å². The van der Waals surface area contributed by atoms with Gasteiger partial charge in [0.05, 0.1) is 22.4 Å². The minimum Gasteiger partial charge on any atom is -0.376 e. The second-order valence-corrected chi connectivity index (χ2v) is 5.63. The maximum absolute atomic E-state index is 6.12. The minimum atomic E-state index is 0.663. The first kappa shape index (κ1) is 13.2. The molecule has 0 aliphatic carbocycles. The molecule has 2 aromatic carbocycles. The van der Waals surface area contributed by atoms with Crippen molar-refractivity contribution in [1.29, 1.82) is 0 Å². The molecule has 0 saturated carbocycles. The number of hydrogen-bond acceptors (Lipinski definition) is 2. The molecule has 1 aromatic heterocycles. The van der Waals surface area contributed by atoms with Gasteiger partial charge in [0.15, 0.2) is 4.77 Å². The van der Waals surface area contributed by atoms with Gasteiger partial charge >= 0.3 is 0 Å². The zero-order valence-corrected chi connectivity index (χ0v) is 12.8. The molecule has 102 valence electrons. The topological polar surface area (TPSA) is 24.0 Å². The van der Waals surface area contributed by atoms with Crippen LogP contribution in [0.25, 0.3) is 16.7 Å². The number of rotatable bonds is 2. The van der Waals surface area contributed by atoms with Crippen LogP contribution in [0.1, 0.15) is 0 Å². The molecule has 0 bridgehead atoms. The number of hydrogen-bond donors (Lipinski definition) is 1. The van der Waals surface area contributed by atoms with Gasteiger partial charge in [-0.25, -0.2) is 0 Å². The van der Waals surface area contributed by atoms with E-state index in [0.717, 1.165) is 22.4 Å². The van der Waals surface area contributed by atoms with E-state index >= 15 is 0 Å². The van der Waals surface area contributed by atoms with Gasteiger partial charge in [0, 0.05) is 19.1 Å². The van der Waals surface area contributed by atoms with Gasteiger partial charge in [-0.05, 0) is 42.5 Å².